The third-order valence-corrected chi connectivity index (χ3v) is 3.27. The summed E-state index contributed by atoms with van der Waals surface area (Å²) in [4.78, 5) is 0. The molecule has 1 rings (SSSR count). The molecule has 0 aliphatic heterocycles. The van der Waals surface area contributed by atoms with Crippen molar-refractivity contribution in [3.63, 3.8) is 0 Å². The van der Waals surface area contributed by atoms with Gasteiger partial charge in [0.25, 0.3) is 0 Å². The molecule has 1 aromatic rings. The highest BCUT2D eigenvalue weighted by Crippen LogP contribution is 2.27. The fourth-order valence-corrected chi connectivity index (χ4v) is 2.24. The van der Waals surface area contributed by atoms with E-state index in [1.807, 2.05) is 0 Å². The van der Waals surface area contributed by atoms with Crippen LogP contribution in [-0.2, 0) is 6.54 Å². The maximum absolute atomic E-state index is 8.97. The second kappa shape index (κ2) is 8.26. The first kappa shape index (κ1) is 14.2. The molecular formula is C15H25NO. The van der Waals surface area contributed by atoms with Gasteiger partial charge in [0.05, 0.1) is 0 Å². The molecule has 0 fully saturated rings. The van der Waals surface area contributed by atoms with Gasteiger partial charge in [-0.25, -0.2) is 0 Å². The fraction of sp³-hybridized carbons (Fsp3) is 0.600. The number of aliphatic hydroxyl groups excluding tert-OH is 1. The van der Waals surface area contributed by atoms with Crippen LogP contribution in [0.4, 0.5) is 0 Å². The fourth-order valence-electron chi connectivity index (χ4n) is 2.24. The lowest BCUT2D eigenvalue weighted by atomic mass is 9.89. The van der Waals surface area contributed by atoms with E-state index in [0.29, 0.717) is 19.1 Å². The number of hydrogen-bond donors (Lipinski definition) is 2. The summed E-state index contributed by atoms with van der Waals surface area (Å²) in [5, 5.41) is 8.97. The van der Waals surface area contributed by atoms with Crippen molar-refractivity contribution >= 4 is 0 Å². The van der Waals surface area contributed by atoms with Gasteiger partial charge in [-0.15, -0.1) is 0 Å². The molecule has 0 aliphatic rings. The molecule has 0 radical (unpaired) electrons. The zero-order chi connectivity index (χ0) is 12.5. The van der Waals surface area contributed by atoms with Crippen molar-refractivity contribution in [1.82, 2.24) is 0 Å². The average molecular weight is 235 g/mol. The molecule has 17 heavy (non-hydrogen) atoms. The normalized spacial score (nSPS) is 12.6. The van der Waals surface area contributed by atoms with Crippen LogP contribution < -0.4 is 5.73 Å². The number of hydrogen-bond acceptors (Lipinski definition) is 2. The highest BCUT2D eigenvalue weighted by Gasteiger charge is 2.11. The first-order valence-corrected chi connectivity index (χ1v) is 6.71. The van der Waals surface area contributed by atoms with Gasteiger partial charge in [0.15, 0.2) is 0 Å². The Bertz CT molecular complexity index is 304. The van der Waals surface area contributed by atoms with E-state index >= 15 is 0 Å². The van der Waals surface area contributed by atoms with E-state index in [2.05, 4.69) is 31.2 Å². The first-order valence-electron chi connectivity index (χ1n) is 6.71. The molecule has 0 saturated carbocycles. The van der Waals surface area contributed by atoms with Crippen LogP contribution in [0.2, 0.25) is 0 Å². The third-order valence-electron chi connectivity index (χ3n) is 3.27. The second-order valence-corrected chi connectivity index (χ2v) is 4.65. The minimum atomic E-state index is 0.291. The van der Waals surface area contributed by atoms with Gasteiger partial charge in [0.2, 0.25) is 0 Å². The van der Waals surface area contributed by atoms with Crippen molar-refractivity contribution in [2.45, 2.75) is 51.5 Å². The van der Waals surface area contributed by atoms with Gasteiger partial charge in [0.1, 0.15) is 0 Å². The highest BCUT2D eigenvalue weighted by atomic mass is 16.2. The Morgan fingerprint density at radius 1 is 1.24 bits per heavy atom. The quantitative estimate of drug-likeness (QED) is 0.727. The van der Waals surface area contributed by atoms with E-state index in [-0.39, 0.29) is 0 Å². The molecule has 0 aromatic heterocycles. The number of unbranched alkanes of at least 4 members (excludes halogenated alkanes) is 1. The SMILES string of the molecule is CCCCC(CCCO)c1cccc(CN)c1. The summed E-state index contributed by atoms with van der Waals surface area (Å²) in [6.07, 6.45) is 5.66. The molecule has 1 atom stereocenters. The van der Waals surface area contributed by atoms with Crippen LogP contribution in [0.3, 0.4) is 0 Å². The summed E-state index contributed by atoms with van der Waals surface area (Å²) in [5.74, 6) is 0.577. The van der Waals surface area contributed by atoms with Crippen molar-refractivity contribution < 1.29 is 5.11 Å². The van der Waals surface area contributed by atoms with Crippen LogP contribution in [0, 0.1) is 0 Å². The molecule has 96 valence electrons. The Kier molecular flexibility index (Phi) is 6.90. The third kappa shape index (κ3) is 4.88. The predicted octanol–water partition coefficient (Wildman–Crippen LogP) is 3.19. The van der Waals surface area contributed by atoms with Crippen LogP contribution in [-0.4, -0.2) is 11.7 Å². The molecule has 1 unspecified atom stereocenters. The van der Waals surface area contributed by atoms with Gasteiger partial charge in [-0.2, -0.15) is 0 Å². The molecule has 1 aromatic carbocycles. The second-order valence-electron chi connectivity index (χ2n) is 4.65. The van der Waals surface area contributed by atoms with Crippen LogP contribution >= 0.6 is 0 Å². The summed E-state index contributed by atoms with van der Waals surface area (Å²) < 4.78 is 0. The van der Waals surface area contributed by atoms with Gasteiger partial charge in [-0.05, 0) is 36.3 Å². The van der Waals surface area contributed by atoms with E-state index in [1.165, 1.54) is 30.4 Å². The topological polar surface area (TPSA) is 46.2 Å². The van der Waals surface area contributed by atoms with Crippen molar-refractivity contribution in [3.8, 4) is 0 Å². The lowest BCUT2D eigenvalue weighted by molar-refractivity contribution is 0.278. The van der Waals surface area contributed by atoms with E-state index in [9.17, 15) is 0 Å². The molecule has 3 N–H and O–H groups in total. The summed E-state index contributed by atoms with van der Waals surface area (Å²) in [5.41, 5.74) is 8.27. The monoisotopic (exact) mass is 235 g/mol. The van der Waals surface area contributed by atoms with Crippen LogP contribution in [0.5, 0.6) is 0 Å². The Balaban J connectivity index is 2.71. The molecule has 2 nitrogen and oxygen atoms in total. The first-order chi connectivity index (χ1) is 8.31. The van der Waals surface area contributed by atoms with Gasteiger partial charge in [0, 0.05) is 13.2 Å². The molecule has 0 saturated heterocycles. The lowest BCUT2D eigenvalue weighted by Crippen LogP contribution is -2.03. The Morgan fingerprint density at radius 3 is 2.65 bits per heavy atom. The molecule has 0 heterocycles. The predicted molar refractivity (Wildman–Crippen MR) is 72.9 cm³/mol. The Labute approximate surface area is 105 Å². The average Bonchev–Trinajstić information content (AvgIpc) is 2.39. The van der Waals surface area contributed by atoms with Crippen LogP contribution in [0.1, 0.15) is 56.1 Å². The smallest absolute Gasteiger partial charge is 0.0431 e. The summed E-state index contributed by atoms with van der Waals surface area (Å²) in [6.45, 7) is 3.12. The number of nitrogens with two attached hydrogens (primary N) is 1. The van der Waals surface area contributed by atoms with Crippen LogP contribution in [0.25, 0.3) is 0 Å². The maximum atomic E-state index is 8.97. The van der Waals surface area contributed by atoms with Crippen molar-refractivity contribution in [2.75, 3.05) is 6.61 Å². The maximum Gasteiger partial charge on any atom is 0.0431 e. The zero-order valence-corrected chi connectivity index (χ0v) is 10.9. The minimum Gasteiger partial charge on any atom is -0.396 e. The van der Waals surface area contributed by atoms with Crippen molar-refractivity contribution in [2.24, 2.45) is 5.73 Å². The van der Waals surface area contributed by atoms with E-state index < -0.39 is 0 Å². The Morgan fingerprint density at radius 2 is 2.00 bits per heavy atom. The molecule has 0 aliphatic carbocycles. The van der Waals surface area contributed by atoms with E-state index in [1.54, 1.807) is 0 Å². The summed E-state index contributed by atoms with van der Waals surface area (Å²) >= 11 is 0. The molecular weight excluding hydrogens is 210 g/mol. The van der Waals surface area contributed by atoms with Gasteiger partial charge in [-0.1, -0.05) is 44.0 Å². The molecule has 0 spiro atoms. The summed E-state index contributed by atoms with van der Waals surface area (Å²) in [6, 6.07) is 8.58. The van der Waals surface area contributed by atoms with Gasteiger partial charge >= 0.3 is 0 Å². The van der Waals surface area contributed by atoms with Crippen molar-refractivity contribution in [1.29, 1.82) is 0 Å². The highest BCUT2D eigenvalue weighted by molar-refractivity contribution is 5.26. The molecule has 0 bridgehead atoms. The minimum absolute atomic E-state index is 0.291. The Hall–Kier alpha value is -0.860. The molecule has 2 heteroatoms. The largest absolute Gasteiger partial charge is 0.396 e. The number of rotatable bonds is 8. The van der Waals surface area contributed by atoms with E-state index in [0.717, 1.165) is 12.8 Å². The number of aliphatic hydroxyl groups is 1. The lowest BCUT2D eigenvalue weighted by Gasteiger charge is -2.17. The van der Waals surface area contributed by atoms with E-state index in [4.69, 9.17) is 10.8 Å². The molecule has 0 amide bonds. The van der Waals surface area contributed by atoms with Gasteiger partial charge in [-0.3, -0.25) is 0 Å². The van der Waals surface area contributed by atoms with Gasteiger partial charge < -0.3 is 10.8 Å². The number of benzene rings is 1. The standard InChI is InChI=1S/C15H25NO/c1-2-3-7-14(9-5-10-17)15-8-4-6-13(11-15)12-16/h4,6,8,11,14,17H,2-3,5,7,9-10,12,16H2,1H3. The van der Waals surface area contributed by atoms with Crippen LogP contribution in [0.15, 0.2) is 24.3 Å². The van der Waals surface area contributed by atoms with Crippen molar-refractivity contribution in [3.05, 3.63) is 35.4 Å². The summed E-state index contributed by atoms with van der Waals surface area (Å²) in [7, 11) is 0. The zero-order valence-electron chi connectivity index (χ0n) is 10.9.